The van der Waals surface area contributed by atoms with Gasteiger partial charge in [0.15, 0.2) is 0 Å². The van der Waals surface area contributed by atoms with Crippen molar-refractivity contribution >= 4 is 6.08 Å². The molecule has 1 rings (SSSR count). The first kappa shape index (κ1) is 8.01. The number of nitrogens with zero attached hydrogens (tertiary/aromatic N) is 2. The molecule has 0 radical (unpaired) electrons. The lowest BCUT2D eigenvalue weighted by Crippen LogP contribution is -1.77. The Labute approximate surface area is 66.0 Å². The molecular weight excluding hydrogens is 140 g/mol. The predicted octanol–water partition coefficient (Wildman–Crippen LogP) is 0.816. The molecule has 0 atom stereocenters. The Balaban J connectivity index is 2.50. The van der Waals surface area contributed by atoms with Crippen molar-refractivity contribution in [2.45, 2.75) is 6.42 Å². The second kappa shape index (κ2) is 3.93. The number of hydrogen-bond acceptors (Lipinski definition) is 2. The maximum Gasteiger partial charge on any atom is 0.0950 e. The van der Waals surface area contributed by atoms with Gasteiger partial charge in [-0.15, -0.1) is 0 Å². The van der Waals surface area contributed by atoms with E-state index in [1.807, 2.05) is 30.0 Å². The largest absolute Gasteiger partial charge is 0.396 e. The number of aliphatic hydroxyl groups is 1. The molecule has 0 aliphatic rings. The van der Waals surface area contributed by atoms with Crippen LogP contribution in [0.25, 0.3) is 6.08 Å². The number of aromatic nitrogens is 2. The van der Waals surface area contributed by atoms with Crippen LogP contribution in [-0.2, 0) is 7.05 Å². The van der Waals surface area contributed by atoms with Gasteiger partial charge in [-0.05, 0) is 12.5 Å². The van der Waals surface area contributed by atoms with Crippen LogP contribution in [0.5, 0.6) is 0 Å². The number of aryl methyl sites for hydroxylation is 1. The van der Waals surface area contributed by atoms with Gasteiger partial charge >= 0.3 is 0 Å². The number of imidazole rings is 1. The lowest BCUT2D eigenvalue weighted by Gasteiger charge is -1.83. The molecule has 0 bridgehead atoms. The fourth-order valence-corrected chi connectivity index (χ4v) is 0.798. The van der Waals surface area contributed by atoms with E-state index in [9.17, 15) is 0 Å². The predicted molar refractivity (Wildman–Crippen MR) is 43.9 cm³/mol. The maximum atomic E-state index is 8.47. The summed E-state index contributed by atoms with van der Waals surface area (Å²) in [6, 6.07) is 0. The van der Waals surface area contributed by atoms with E-state index in [4.69, 9.17) is 5.11 Å². The highest BCUT2D eigenvalue weighted by atomic mass is 16.2. The summed E-state index contributed by atoms with van der Waals surface area (Å²) in [6.45, 7) is 0.198. The SMILES string of the molecule is Cn1cnc(C=CCCO)c1. The highest BCUT2D eigenvalue weighted by Crippen LogP contribution is 1.97. The van der Waals surface area contributed by atoms with Crippen LogP contribution >= 0.6 is 0 Å². The first-order valence-corrected chi connectivity index (χ1v) is 3.58. The van der Waals surface area contributed by atoms with E-state index in [0.29, 0.717) is 6.42 Å². The van der Waals surface area contributed by atoms with Crippen LogP contribution < -0.4 is 0 Å². The zero-order valence-corrected chi connectivity index (χ0v) is 6.57. The molecule has 3 heteroatoms. The smallest absolute Gasteiger partial charge is 0.0950 e. The van der Waals surface area contributed by atoms with Crippen LogP contribution in [0.3, 0.4) is 0 Å². The highest BCUT2D eigenvalue weighted by Gasteiger charge is 1.87. The van der Waals surface area contributed by atoms with Gasteiger partial charge in [0.05, 0.1) is 12.0 Å². The van der Waals surface area contributed by atoms with E-state index in [1.54, 1.807) is 6.33 Å². The third kappa shape index (κ3) is 2.55. The van der Waals surface area contributed by atoms with Crippen LogP contribution in [0.2, 0.25) is 0 Å². The summed E-state index contributed by atoms with van der Waals surface area (Å²) >= 11 is 0. The van der Waals surface area contributed by atoms with Crippen LogP contribution in [0, 0.1) is 0 Å². The fourth-order valence-electron chi connectivity index (χ4n) is 0.798. The Morgan fingerprint density at radius 2 is 2.55 bits per heavy atom. The molecule has 0 fully saturated rings. The summed E-state index contributed by atoms with van der Waals surface area (Å²) < 4.78 is 1.89. The Hall–Kier alpha value is -1.09. The molecule has 0 saturated carbocycles. The fraction of sp³-hybridized carbons (Fsp3) is 0.375. The molecule has 60 valence electrons. The normalized spacial score (nSPS) is 11.1. The van der Waals surface area contributed by atoms with Crippen molar-refractivity contribution in [1.82, 2.24) is 9.55 Å². The van der Waals surface area contributed by atoms with Gasteiger partial charge in [0.1, 0.15) is 0 Å². The van der Waals surface area contributed by atoms with E-state index in [2.05, 4.69) is 4.98 Å². The van der Waals surface area contributed by atoms with Gasteiger partial charge in [0.2, 0.25) is 0 Å². The minimum atomic E-state index is 0.198. The zero-order chi connectivity index (χ0) is 8.10. The molecule has 3 nitrogen and oxygen atoms in total. The zero-order valence-electron chi connectivity index (χ0n) is 6.57. The van der Waals surface area contributed by atoms with Crippen molar-refractivity contribution in [2.75, 3.05) is 6.61 Å². The van der Waals surface area contributed by atoms with Crippen LogP contribution in [0.1, 0.15) is 12.1 Å². The third-order valence-electron chi connectivity index (χ3n) is 1.31. The van der Waals surface area contributed by atoms with Crippen molar-refractivity contribution in [3.63, 3.8) is 0 Å². The molecular formula is C8H12N2O. The Bertz CT molecular complexity index is 240. The van der Waals surface area contributed by atoms with E-state index in [-0.39, 0.29) is 6.61 Å². The first-order valence-electron chi connectivity index (χ1n) is 3.58. The van der Waals surface area contributed by atoms with Crippen LogP contribution in [0.4, 0.5) is 0 Å². The van der Waals surface area contributed by atoms with Crippen molar-refractivity contribution in [3.05, 3.63) is 24.3 Å². The summed E-state index contributed by atoms with van der Waals surface area (Å²) in [5.41, 5.74) is 0.931. The van der Waals surface area contributed by atoms with Gasteiger partial charge in [-0.25, -0.2) is 4.98 Å². The Morgan fingerprint density at radius 3 is 3.09 bits per heavy atom. The van der Waals surface area contributed by atoms with E-state index < -0.39 is 0 Å². The molecule has 0 aliphatic heterocycles. The van der Waals surface area contributed by atoms with Gasteiger partial charge in [-0.3, -0.25) is 0 Å². The third-order valence-corrected chi connectivity index (χ3v) is 1.31. The molecule has 0 saturated heterocycles. The molecule has 0 spiro atoms. The molecule has 0 unspecified atom stereocenters. The second-order valence-corrected chi connectivity index (χ2v) is 2.38. The molecule has 1 N–H and O–H groups in total. The molecule has 0 aromatic carbocycles. The number of aliphatic hydroxyl groups excluding tert-OH is 1. The summed E-state index contributed by atoms with van der Waals surface area (Å²) in [5, 5.41) is 8.47. The summed E-state index contributed by atoms with van der Waals surface area (Å²) in [5.74, 6) is 0. The lowest BCUT2D eigenvalue weighted by atomic mass is 10.3. The van der Waals surface area contributed by atoms with Gasteiger partial charge < -0.3 is 9.67 Å². The van der Waals surface area contributed by atoms with E-state index >= 15 is 0 Å². The molecule has 11 heavy (non-hydrogen) atoms. The van der Waals surface area contributed by atoms with E-state index in [1.165, 1.54) is 0 Å². The number of hydrogen-bond donors (Lipinski definition) is 1. The van der Waals surface area contributed by atoms with Gasteiger partial charge in [0, 0.05) is 19.9 Å². The van der Waals surface area contributed by atoms with Crippen molar-refractivity contribution in [2.24, 2.45) is 7.05 Å². The lowest BCUT2D eigenvalue weighted by molar-refractivity contribution is 0.303. The average Bonchev–Trinajstić information content (AvgIpc) is 2.37. The standard InChI is InChI=1S/C8H12N2O/c1-10-6-8(9-7-10)4-2-3-5-11/h2,4,6-7,11H,3,5H2,1H3. The molecule has 1 heterocycles. The molecule has 0 aliphatic carbocycles. The van der Waals surface area contributed by atoms with Gasteiger partial charge in [-0.1, -0.05) is 6.08 Å². The minimum absolute atomic E-state index is 0.198. The monoisotopic (exact) mass is 152 g/mol. The quantitative estimate of drug-likeness (QED) is 0.696. The highest BCUT2D eigenvalue weighted by molar-refractivity contribution is 5.42. The summed E-state index contributed by atoms with van der Waals surface area (Å²) in [6.07, 6.45) is 8.17. The molecule has 1 aromatic rings. The van der Waals surface area contributed by atoms with Crippen molar-refractivity contribution < 1.29 is 5.11 Å². The summed E-state index contributed by atoms with van der Waals surface area (Å²) in [7, 11) is 1.93. The Morgan fingerprint density at radius 1 is 1.73 bits per heavy atom. The number of rotatable bonds is 3. The molecule has 0 amide bonds. The van der Waals surface area contributed by atoms with E-state index in [0.717, 1.165) is 5.69 Å². The van der Waals surface area contributed by atoms with Gasteiger partial charge in [-0.2, -0.15) is 0 Å². The Kier molecular flexibility index (Phi) is 2.86. The van der Waals surface area contributed by atoms with Crippen LogP contribution in [-0.4, -0.2) is 21.3 Å². The van der Waals surface area contributed by atoms with Crippen molar-refractivity contribution in [3.8, 4) is 0 Å². The van der Waals surface area contributed by atoms with Crippen molar-refractivity contribution in [1.29, 1.82) is 0 Å². The first-order chi connectivity index (χ1) is 5.33. The maximum absolute atomic E-state index is 8.47. The van der Waals surface area contributed by atoms with Gasteiger partial charge in [0.25, 0.3) is 0 Å². The average molecular weight is 152 g/mol. The minimum Gasteiger partial charge on any atom is -0.396 e. The van der Waals surface area contributed by atoms with Crippen LogP contribution in [0.15, 0.2) is 18.6 Å². The molecule has 1 aromatic heterocycles. The topological polar surface area (TPSA) is 38.0 Å². The second-order valence-electron chi connectivity index (χ2n) is 2.38. The summed E-state index contributed by atoms with van der Waals surface area (Å²) in [4.78, 5) is 4.08.